The van der Waals surface area contributed by atoms with Crippen molar-refractivity contribution in [1.29, 1.82) is 0 Å². The van der Waals surface area contributed by atoms with Crippen molar-refractivity contribution in [2.45, 2.75) is 20.0 Å². The van der Waals surface area contributed by atoms with E-state index in [2.05, 4.69) is 17.2 Å². The predicted octanol–water partition coefficient (Wildman–Crippen LogP) is 1.40. The normalized spacial score (nSPS) is 9.85. The summed E-state index contributed by atoms with van der Waals surface area (Å²) in [7, 11) is 1.52. The highest BCUT2D eigenvalue weighted by Gasteiger charge is 2.09. The van der Waals surface area contributed by atoms with E-state index in [1.165, 1.54) is 7.11 Å². The molecule has 0 aliphatic rings. The van der Waals surface area contributed by atoms with Crippen molar-refractivity contribution in [3.8, 4) is 17.6 Å². The van der Waals surface area contributed by atoms with Gasteiger partial charge in [0.2, 0.25) is 5.91 Å². The topological polar surface area (TPSA) is 67.8 Å². The molecule has 1 aromatic rings. The molecule has 1 rings (SSSR count). The Hall–Kier alpha value is -2.03. The maximum Gasteiger partial charge on any atom is 0.250 e. The number of aliphatic hydroxyl groups is 1. The Kier molecular flexibility index (Phi) is 6.57. The number of aliphatic hydroxyl groups excluding tert-OH is 1. The molecule has 1 aromatic carbocycles. The van der Waals surface area contributed by atoms with Gasteiger partial charge in [0.05, 0.1) is 18.9 Å². The number of amides is 1. The summed E-state index contributed by atoms with van der Waals surface area (Å²) < 4.78 is 10.4. The second-order valence-corrected chi connectivity index (χ2v) is 4.28. The van der Waals surface area contributed by atoms with Gasteiger partial charge >= 0.3 is 0 Å². The summed E-state index contributed by atoms with van der Waals surface area (Å²) in [5.74, 6) is 5.60. The van der Waals surface area contributed by atoms with Gasteiger partial charge in [-0.15, -0.1) is 0 Å². The third-order valence-electron chi connectivity index (χ3n) is 2.33. The molecule has 5 nitrogen and oxygen atoms in total. The summed E-state index contributed by atoms with van der Waals surface area (Å²) in [6.07, 6.45) is -0.00981. The Morgan fingerprint density at radius 2 is 2.20 bits per heavy atom. The van der Waals surface area contributed by atoms with Gasteiger partial charge in [0.25, 0.3) is 0 Å². The van der Waals surface area contributed by atoms with E-state index in [0.717, 1.165) is 0 Å². The maximum absolute atomic E-state index is 11.7. The fraction of sp³-hybridized carbons (Fsp3) is 0.400. The third kappa shape index (κ3) is 5.31. The molecule has 0 atom stereocenters. The third-order valence-corrected chi connectivity index (χ3v) is 2.33. The number of carbonyl (C=O) groups excluding carboxylic acids is 1. The molecule has 0 saturated heterocycles. The summed E-state index contributed by atoms with van der Waals surface area (Å²) in [5.41, 5.74) is 1.20. The molecule has 0 unspecified atom stereocenters. The summed E-state index contributed by atoms with van der Waals surface area (Å²) in [6, 6.07) is 5.15. The van der Waals surface area contributed by atoms with Crippen LogP contribution in [0.3, 0.4) is 0 Å². The van der Waals surface area contributed by atoms with Gasteiger partial charge in [-0.05, 0) is 32.0 Å². The molecule has 0 bridgehead atoms. The first-order chi connectivity index (χ1) is 9.56. The van der Waals surface area contributed by atoms with E-state index in [1.807, 2.05) is 13.8 Å². The van der Waals surface area contributed by atoms with Crippen LogP contribution in [0.25, 0.3) is 0 Å². The van der Waals surface area contributed by atoms with Crippen LogP contribution in [0.4, 0.5) is 5.69 Å². The van der Waals surface area contributed by atoms with E-state index in [4.69, 9.17) is 14.6 Å². The van der Waals surface area contributed by atoms with Crippen molar-refractivity contribution in [1.82, 2.24) is 0 Å². The van der Waals surface area contributed by atoms with Crippen LogP contribution in [0.5, 0.6) is 5.75 Å². The van der Waals surface area contributed by atoms with Gasteiger partial charge in [-0.1, -0.05) is 11.8 Å². The van der Waals surface area contributed by atoms with Crippen LogP contribution in [0, 0.1) is 11.8 Å². The minimum Gasteiger partial charge on any atom is -0.495 e. The van der Waals surface area contributed by atoms with Crippen molar-refractivity contribution in [3.05, 3.63) is 23.8 Å². The van der Waals surface area contributed by atoms with Gasteiger partial charge in [-0.2, -0.15) is 0 Å². The van der Waals surface area contributed by atoms with Gasteiger partial charge in [-0.25, -0.2) is 0 Å². The van der Waals surface area contributed by atoms with E-state index in [-0.39, 0.29) is 25.2 Å². The molecule has 0 radical (unpaired) electrons. The lowest BCUT2D eigenvalue weighted by molar-refractivity contribution is -0.121. The summed E-state index contributed by atoms with van der Waals surface area (Å²) >= 11 is 0. The molecule has 0 aromatic heterocycles. The minimum atomic E-state index is -0.260. The summed E-state index contributed by atoms with van der Waals surface area (Å²) in [4.78, 5) is 11.7. The number of anilines is 1. The molecular weight excluding hydrogens is 258 g/mol. The van der Waals surface area contributed by atoms with Crippen LogP contribution in [-0.2, 0) is 9.53 Å². The molecule has 0 aliphatic carbocycles. The standard InChI is InChI=1S/C15H19NO4/c1-11(2)20-10-15(18)16-13-9-12(5-4-8-17)6-7-14(13)19-3/h6-7,9,11,17H,8,10H2,1-3H3,(H,16,18). The van der Waals surface area contributed by atoms with Gasteiger partial charge in [-0.3, -0.25) is 4.79 Å². The van der Waals surface area contributed by atoms with Gasteiger partial charge in [0.1, 0.15) is 19.0 Å². The van der Waals surface area contributed by atoms with Crippen LogP contribution < -0.4 is 10.1 Å². The van der Waals surface area contributed by atoms with Gasteiger partial charge < -0.3 is 19.9 Å². The molecule has 20 heavy (non-hydrogen) atoms. The maximum atomic E-state index is 11.7. The number of ether oxygens (including phenoxy) is 2. The second kappa shape index (κ2) is 8.20. The number of hydrogen-bond donors (Lipinski definition) is 2. The highest BCUT2D eigenvalue weighted by Crippen LogP contribution is 2.25. The molecule has 0 heterocycles. The van der Waals surface area contributed by atoms with Crippen molar-refractivity contribution in [2.24, 2.45) is 0 Å². The van der Waals surface area contributed by atoms with Crippen molar-refractivity contribution in [3.63, 3.8) is 0 Å². The predicted molar refractivity (Wildman–Crippen MR) is 76.7 cm³/mol. The Labute approximate surface area is 118 Å². The van der Waals surface area contributed by atoms with Crippen molar-refractivity contribution in [2.75, 3.05) is 25.6 Å². The lowest BCUT2D eigenvalue weighted by atomic mass is 10.2. The molecule has 0 saturated carbocycles. The summed E-state index contributed by atoms with van der Waals surface area (Å²) in [6.45, 7) is 3.49. The molecular formula is C15H19NO4. The van der Waals surface area contributed by atoms with Crippen molar-refractivity contribution < 1.29 is 19.4 Å². The molecule has 0 spiro atoms. The zero-order chi connectivity index (χ0) is 15.0. The SMILES string of the molecule is COc1ccc(C#CCO)cc1NC(=O)COC(C)C. The zero-order valence-corrected chi connectivity index (χ0v) is 11.9. The first-order valence-electron chi connectivity index (χ1n) is 6.26. The fourth-order valence-electron chi connectivity index (χ4n) is 1.45. The van der Waals surface area contributed by atoms with Crippen LogP contribution in [0.15, 0.2) is 18.2 Å². The molecule has 5 heteroatoms. The van der Waals surface area contributed by atoms with Gasteiger partial charge in [0.15, 0.2) is 0 Å². The molecule has 1 amide bonds. The monoisotopic (exact) mass is 277 g/mol. The van der Waals surface area contributed by atoms with Gasteiger partial charge in [0, 0.05) is 5.56 Å². The average molecular weight is 277 g/mol. The lowest BCUT2D eigenvalue weighted by Crippen LogP contribution is -2.21. The molecule has 2 N–H and O–H groups in total. The minimum absolute atomic E-state index is 0.00981. The van der Waals surface area contributed by atoms with Crippen LogP contribution in [-0.4, -0.2) is 37.4 Å². The van der Waals surface area contributed by atoms with E-state index < -0.39 is 0 Å². The highest BCUT2D eigenvalue weighted by atomic mass is 16.5. The highest BCUT2D eigenvalue weighted by molar-refractivity contribution is 5.93. The average Bonchev–Trinajstić information content (AvgIpc) is 2.43. The van der Waals surface area contributed by atoms with Crippen LogP contribution in [0.1, 0.15) is 19.4 Å². The number of hydrogen-bond acceptors (Lipinski definition) is 4. The number of rotatable bonds is 5. The van der Waals surface area contributed by atoms with Crippen LogP contribution in [0.2, 0.25) is 0 Å². The largest absolute Gasteiger partial charge is 0.495 e. The molecule has 0 fully saturated rings. The first-order valence-corrected chi connectivity index (χ1v) is 6.26. The van der Waals surface area contributed by atoms with E-state index in [0.29, 0.717) is 17.0 Å². The zero-order valence-electron chi connectivity index (χ0n) is 11.9. The van der Waals surface area contributed by atoms with E-state index >= 15 is 0 Å². The fourth-order valence-corrected chi connectivity index (χ4v) is 1.45. The quantitative estimate of drug-likeness (QED) is 0.798. The summed E-state index contributed by atoms with van der Waals surface area (Å²) in [5, 5.41) is 11.4. The molecule has 108 valence electrons. The van der Waals surface area contributed by atoms with E-state index in [1.54, 1.807) is 18.2 Å². The Morgan fingerprint density at radius 3 is 2.80 bits per heavy atom. The Bertz CT molecular complexity index is 514. The lowest BCUT2D eigenvalue weighted by Gasteiger charge is -2.12. The Morgan fingerprint density at radius 1 is 1.45 bits per heavy atom. The first kappa shape index (κ1) is 16.0. The van der Waals surface area contributed by atoms with E-state index in [9.17, 15) is 4.79 Å². The van der Waals surface area contributed by atoms with Crippen LogP contribution >= 0.6 is 0 Å². The number of nitrogens with one attached hydrogen (secondary N) is 1. The number of carbonyl (C=O) groups is 1. The molecule has 0 aliphatic heterocycles. The smallest absolute Gasteiger partial charge is 0.250 e. The Balaban J connectivity index is 2.82. The number of methoxy groups -OCH3 is 1. The van der Waals surface area contributed by atoms with Crippen molar-refractivity contribution >= 4 is 11.6 Å². The second-order valence-electron chi connectivity index (χ2n) is 4.28. The number of benzene rings is 1.